The molecule has 0 fully saturated rings. The summed E-state index contributed by atoms with van der Waals surface area (Å²) < 4.78 is 0. The third-order valence-corrected chi connectivity index (χ3v) is 2.00. The lowest BCUT2D eigenvalue weighted by Gasteiger charge is -2.09. The molecule has 0 spiro atoms. The van der Waals surface area contributed by atoms with E-state index in [-0.39, 0.29) is 6.04 Å². The van der Waals surface area contributed by atoms with Crippen LogP contribution in [0, 0.1) is 0 Å². The van der Waals surface area contributed by atoms with Crippen molar-refractivity contribution in [3.8, 4) is 0 Å². The Morgan fingerprint density at radius 1 is 1.36 bits per heavy atom. The van der Waals surface area contributed by atoms with Crippen LogP contribution in [-0.2, 0) is 6.42 Å². The van der Waals surface area contributed by atoms with Crippen molar-refractivity contribution < 1.29 is 0 Å². The summed E-state index contributed by atoms with van der Waals surface area (Å²) in [6, 6.07) is 10.1. The van der Waals surface area contributed by atoms with Crippen molar-refractivity contribution in [1.29, 1.82) is 0 Å². The maximum absolute atomic E-state index is 8.09. The van der Waals surface area contributed by atoms with Crippen molar-refractivity contribution in [2.75, 3.05) is 6.54 Å². The molecule has 0 amide bonds. The van der Waals surface area contributed by atoms with E-state index in [1.807, 2.05) is 30.3 Å². The molecule has 0 bridgehead atoms. The molecule has 1 rings (SSSR count). The standard InChI is InChI=1S/C10H14N4/c11-10(6-7-13-14-12)8-9-4-2-1-3-5-9/h1-5,10H,6-8,11H2/t10-/m0/s1. The maximum atomic E-state index is 8.09. The average molecular weight is 190 g/mol. The Labute approximate surface area is 83.4 Å². The van der Waals surface area contributed by atoms with E-state index in [0.29, 0.717) is 6.54 Å². The highest BCUT2D eigenvalue weighted by Gasteiger charge is 2.02. The van der Waals surface area contributed by atoms with Crippen molar-refractivity contribution in [2.24, 2.45) is 10.8 Å². The van der Waals surface area contributed by atoms with Gasteiger partial charge in [0.2, 0.25) is 0 Å². The van der Waals surface area contributed by atoms with Crippen LogP contribution < -0.4 is 5.73 Å². The third kappa shape index (κ3) is 3.94. The summed E-state index contributed by atoms with van der Waals surface area (Å²) in [6.07, 6.45) is 1.57. The second kappa shape index (κ2) is 6.02. The Morgan fingerprint density at radius 3 is 2.71 bits per heavy atom. The Morgan fingerprint density at radius 2 is 2.07 bits per heavy atom. The number of azide groups is 1. The van der Waals surface area contributed by atoms with Gasteiger partial charge < -0.3 is 5.73 Å². The van der Waals surface area contributed by atoms with E-state index in [1.54, 1.807) is 0 Å². The van der Waals surface area contributed by atoms with Gasteiger partial charge in [0.15, 0.2) is 0 Å². The molecular formula is C10H14N4. The summed E-state index contributed by atoms with van der Waals surface area (Å²) in [6.45, 7) is 0.477. The van der Waals surface area contributed by atoms with Gasteiger partial charge in [0, 0.05) is 17.5 Å². The summed E-state index contributed by atoms with van der Waals surface area (Å²) in [7, 11) is 0. The predicted octanol–water partition coefficient (Wildman–Crippen LogP) is 2.26. The highest BCUT2D eigenvalue weighted by molar-refractivity contribution is 5.15. The van der Waals surface area contributed by atoms with E-state index in [9.17, 15) is 0 Å². The van der Waals surface area contributed by atoms with Gasteiger partial charge in [-0.2, -0.15) is 0 Å². The molecule has 0 saturated carbocycles. The van der Waals surface area contributed by atoms with Crippen molar-refractivity contribution in [3.05, 3.63) is 46.3 Å². The minimum atomic E-state index is 0.0721. The quantitative estimate of drug-likeness (QED) is 0.431. The van der Waals surface area contributed by atoms with Crippen LogP contribution >= 0.6 is 0 Å². The first-order chi connectivity index (χ1) is 6.83. The van der Waals surface area contributed by atoms with Crippen LogP contribution in [0.1, 0.15) is 12.0 Å². The smallest absolute Gasteiger partial charge is 0.0272 e. The number of rotatable bonds is 5. The van der Waals surface area contributed by atoms with E-state index in [2.05, 4.69) is 10.0 Å². The minimum Gasteiger partial charge on any atom is -0.327 e. The summed E-state index contributed by atoms with van der Waals surface area (Å²) >= 11 is 0. The van der Waals surface area contributed by atoms with Gasteiger partial charge >= 0.3 is 0 Å². The molecule has 4 heteroatoms. The third-order valence-electron chi connectivity index (χ3n) is 2.00. The molecule has 0 aliphatic carbocycles. The highest BCUT2D eigenvalue weighted by atomic mass is 15.1. The maximum Gasteiger partial charge on any atom is 0.0272 e. The lowest BCUT2D eigenvalue weighted by molar-refractivity contribution is 0.618. The zero-order valence-electron chi connectivity index (χ0n) is 8.00. The second-order valence-corrected chi connectivity index (χ2v) is 3.19. The molecule has 0 aliphatic rings. The van der Waals surface area contributed by atoms with Gasteiger partial charge in [0.25, 0.3) is 0 Å². The van der Waals surface area contributed by atoms with E-state index < -0.39 is 0 Å². The van der Waals surface area contributed by atoms with E-state index in [0.717, 1.165) is 12.8 Å². The van der Waals surface area contributed by atoms with E-state index in [1.165, 1.54) is 5.56 Å². The van der Waals surface area contributed by atoms with Crippen molar-refractivity contribution >= 4 is 0 Å². The Balaban J connectivity index is 2.33. The molecule has 4 nitrogen and oxygen atoms in total. The van der Waals surface area contributed by atoms with Gasteiger partial charge in [0.1, 0.15) is 0 Å². The zero-order chi connectivity index (χ0) is 10.2. The molecule has 0 aromatic heterocycles. The molecular weight excluding hydrogens is 176 g/mol. The van der Waals surface area contributed by atoms with Gasteiger partial charge in [-0.05, 0) is 23.9 Å². The predicted molar refractivity (Wildman–Crippen MR) is 56.8 cm³/mol. The van der Waals surface area contributed by atoms with E-state index in [4.69, 9.17) is 11.3 Å². The van der Waals surface area contributed by atoms with Crippen LogP contribution in [0.3, 0.4) is 0 Å². The van der Waals surface area contributed by atoms with Crippen molar-refractivity contribution in [1.82, 2.24) is 0 Å². The Kier molecular flexibility index (Phi) is 4.55. The van der Waals surface area contributed by atoms with Gasteiger partial charge in [0.05, 0.1) is 0 Å². The van der Waals surface area contributed by atoms with Crippen molar-refractivity contribution in [3.63, 3.8) is 0 Å². The van der Waals surface area contributed by atoms with Crippen LogP contribution in [0.4, 0.5) is 0 Å². The molecule has 1 atom stereocenters. The van der Waals surface area contributed by atoms with Gasteiger partial charge in [-0.3, -0.25) is 0 Å². The molecule has 0 heterocycles. The number of nitrogens with two attached hydrogens (primary N) is 1. The highest BCUT2D eigenvalue weighted by Crippen LogP contribution is 2.03. The lowest BCUT2D eigenvalue weighted by Crippen LogP contribution is -2.23. The largest absolute Gasteiger partial charge is 0.327 e. The Bertz CT molecular complexity index is 303. The topological polar surface area (TPSA) is 74.8 Å². The van der Waals surface area contributed by atoms with E-state index >= 15 is 0 Å². The fourth-order valence-electron chi connectivity index (χ4n) is 1.29. The first-order valence-corrected chi connectivity index (χ1v) is 4.63. The van der Waals surface area contributed by atoms with Crippen molar-refractivity contribution in [2.45, 2.75) is 18.9 Å². The number of hydrogen-bond acceptors (Lipinski definition) is 2. The van der Waals surface area contributed by atoms with Crippen LogP contribution in [0.25, 0.3) is 10.4 Å². The SMILES string of the molecule is [N-]=[N+]=NCC[C@H](N)Cc1ccccc1. The second-order valence-electron chi connectivity index (χ2n) is 3.19. The lowest BCUT2D eigenvalue weighted by atomic mass is 10.0. The van der Waals surface area contributed by atoms with Gasteiger partial charge in [-0.25, -0.2) is 0 Å². The average Bonchev–Trinajstić information content (AvgIpc) is 2.20. The van der Waals surface area contributed by atoms with Gasteiger partial charge in [-0.1, -0.05) is 35.4 Å². The van der Waals surface area contributed by atoms with Gasteiger partial charge in [-0.15, -0.1) is 0 Å². The molecule has 0 saturated heterocycles. The number of hydrogen-bond donors (Lipinski definition) is 1. The fourth-order valence-corrected chi connectivity index (χ4v) is 1.29. The summed E-state index contributed by atoms with van der Waals surface area (Å²) in [5, 5.41) is 3.45. The monoisotopic (exact) mass is 190 g/mol. The molecule has 1 aromatic carbocycles. The first-order valence-electron chi connectivity index (χ1n) is 4.63. The molecule has 1 aromatic rings. The Hall–Kier alpha value is -1.51. The molecule has 0 aliphatic heterocycles. The first kappa shape index (κ1) is 10.6. The minimum absolute atomic E-state index is 0.0721. The number of nitrogens with zero attached hydrogens (tertiary/aromatic N) is 3. The van der Waals surface area contributed by atoms with Crippen LogP contribution in [0.15, 0.2) is 35.4 Å². The normalized spacial score (nSPS) is 11.8. The zero-order valence-corrected chi connectivity index (χ0v) is 8.00. The molecule has 2 N–H and O–H groups in total. The van der Waals surface area contributed by atoms with Crippen LogP contribution in [-0.4, -0.2) is 12.6 Å². The molecule has 0 radical (unpaired) electrons. The van der Waals surface area contributed by atoms with Crippen LogP contribution in [0.2, 0.25) is 0 Å². The molecule has 14 heavy (non-hydrogen) atoms. The summed E-state index contributed by atoms with van der Waals surface area (Å²) in [5.41, 5.74) is 15.2. The molecule has 0 unspecified atom stereocenters. The fraction of sp³-hybridized carbons (Fsp3) is 0.400. The summed E-state index contributed by atoms with van der Waals surface area (Å²) in [5.74, 6) is 0. The summed E-state index contributed by atoms with van der Waals surface area (Å²) in [4.78, 5) is 2.68. The van der Waals surface area contributed by atoms with Crippen LogP contribution in [0.5, 0.6) is 0 Å². The molecule has 74 valence electrons. The number of benzene rings is 1.